The van der Waals surface area contributed by atoms with E-state index in [0.717, 1.165) is 25.7 Å². The van der Waals surface area contributed by atoms with Crippen LogP contribution in [0.1, 0.15) is 56.6 Å². The summed E-state index contributed by atoms with van der Waals surface area (Å²) < 4.78 is 0. The van der Waals surface area contributed by atoms with Gasteiger partial charge in [-0.1, -0.05) is 84.7 Å². The van der Waals surface area contributed by atoms with Crippen LogP contribution < -0.4 is 5.32 Å². The highest BCUT2D eigenvalue weighted by Gasteiger charge is 2.31. The standard InChI is InChI=1S/C25H28Cl4N2O2/c1-2-23(25(33)30-18-7-4-3-5-8-18)31(15-16-11-12-17(26)13-22(16)29)24(32)14-19-20(27)9-6-10-21(19)28/h6,9-13,18,23H,2-5,7-8,14-15H2,1H3,(H,30,33)/t23-/m0/s1. The molecule has 0 aromatic heterocycles. The Morgan fingerprint density at radius 1 is 1.00 bits per heavy atom. The van der Waals surface area contributed by atoms with Gasteiger partial charge in [0.05, 0.1) is 6.42 Å². The lowest BCUT2D eigenvalue weighted by Crippen LogP contribution is -2.52. The average molecular weight is 530 g/mol. The third kappa shape index (κ3) is 7.02. The summed E-state index contributed by atoms with van der Waals surface area (Å²) in [5.41, 5.74) is 1.25. The topological polar surface area (TPSA) is 49.4 Å². The van der Waals surface area contributed by atoms with Gasteiger partial charge in [0.15, 0.2) is 0 Å². The van der Waals surface area contributed by atoms with Crippen LogP contribution in [0.15, 0.2) is 36.4 Å². The van der Waals surface area contributed by atoms with Crippen molar-refractivity contribution in [3.8, 4) is 0 Å². The van der Waals surface area contributed by atoms with Crippen LogP contribution in [0.4, 0.5) is 0 Å². The average Bonchev–Trinajstić information content (AvgIpc) is 2.78. The Morgan fingerprint density at radius 2 is 1.67 bits per heavy atom. The van der Waals surface area contributed by atoms with E-state index in [2.05, 4.69) is 5.32 Å². The van der Waals surface area contributed by atoms with Gasteiger partial charge in [-0.25, -0.2) is 0 Å². The lowest BCUT2D eigenvalue weighted by Gasteiger charge is -2.33. The van der Waals surface area contributed by atoms with E-state index >= 15 is 0 Å². The van der Waals surface area contributed by atoms with Crippen molar-refractivity contribution in [1.82, 2.24) is 10.2 Å². The summed E-state index contributed by atoms with van der Waals surface area (Å²) in [5.74, 6) is -0.394. The first kappa shape index (κ1) is 26.2. The molecule has 1 saturated carbocycles. The summed E-state index contributed by atoms with van der Waals surface area (Å²) in [7, 11) is 0. The van der Waals surface area contributed by atoms with Crippen molar-refractivity contribution in [2.24, 2.45) is 0 Å². The zero-order valence-corrected chi connectivity index (χ0v) is 21.6. The van der Waals surface area contributed by atoms with Gasteiger partial charge in [-0.3, -0.25) is 9.59 Å². The second kappa shape index (κ2) is 12.3. The van der Waals surface area contributed by atoms with Gasteiger partial charge in [0.25, 0.3) is 0 Å². The van der Waals surface area contributed by atoms with Gasteiger partial charge >= 0.3 is 0 Å². The largest absolute Gasteiger partial charge is 0.352 e. The fourth-order valence-electron chi connectivity index (χ4n) is 4.25. The van der Waals surface area contributed by atoms with Crippen molar-refractivity contribution < 1.29 is 9.59 Å². The molecule has 1 N–H and O–H groups in total. The maximum atomic E-state index is 13.6. The van der Waals surface area contributed by atoms with E-state index < -0.39 is 6.04 Å². The number of nitrogens with one attached hydrogen (secondary N) is 1. The Balaban J connectivity index is 1.88. The number of hydrogen-bond donors (Lipinski definition) is 1. The molecular weight excluding hydrogens is 502 g/mol. The first-order valence-corrected chi connectivity index (χ1v) is 12.8. The lowest BCUT2D eigenvalue weighted by atomic mass is 9.95. The lowest BCUT2D eigenvalue weighted by molar-refractivity contribution is -0.141. The molecule has 1 aliphatic carbocycles. The molecule has 0 unspecified atom stereocenters. The molecule has 178 valence electrons. The van der Waals surface area contributed by atoms with Gasteiger partial charge in [0.2, 0.25) is 11.8 Å². The molecular formula is C25H28Cl4N2O2. The predicted molar refractivity (Wildman–Crippen MR) is 136 cm³/mol. The molecule has 3 rings (SSSR count). The zero-order valence-electron chi connectivity index (χ0n) is 18.6. The maximum Gasteiger partial charge on any atom is 0.243 e. The third-order valence-corrected chi connectivity index (χ3v) is 7.38. The van der Waals surface area contributed by atoms with Gasteiger partial charge in [-0.15, -0.1) is 0 Å². The van der Waals surface area contributed by atoms with Crippen molar-refractivity contribution >= 4 is 58.2 Å². The second-order valence-electron chi connectivity index (χ2n) is 8.40. The molecule has 1 atom stereocenters. The summed E-state index contributed by atoms with van der Waals surface area (Å²) in [6.45, 7) is 2.07. The number of hydrogen-bond acceptors (Lipinski definition) is 2. The Hall–Kier alpha value is -1.46. The fraction of sp³-hybridized carbons (Fsp3) is 0.440. The van der Waals surface area contributed by atoms with Crippen LogP contribution in [0.25, 0.3) is 0 Å². The summed E-state index contributed by atoms with van der Waals surface area (Å²) >= 11 is 25.1. The number of carbonyl (C=O) groups is 2. The molecule has 0 radical (unpaired) electrons. The van der Waals surface area contributed by atoms with Gasteiger partial charge in [-0.05, 0) is 54.7 Å². The minimum Gasteiger partial charge on any atom is -0.352 e. The maximum absolute atomic E-state index is 13.6. The Morgan fingerprint density at radius 3 is 2.27 bits per heavy atom. The van der Waals surface area contributed by atoms with Crippen LogP contribution in [0.2, 0.25) is 20.1 Å². The highest BCUT2D eigenvalue weighted by atomic mass is 35.5. The molecule has 0 spiro atoms. The molecule has 2 aromatic carbocycles. The van der Waals surface area contributed by atoms with Crippen LogP contribution in [-0.2, 0) is 22.6 Å². The normalized spacial score (nSPS) is 15.2. The minimum atomic E-state index is -0.646. The van der Waals surface area contributed by atoms with E-state index in [1.165, 1.54) is 6.42 Å². The van der Waals surface area contributed by atoms with Gasteiger partial charge in [-0.2, -0.15) is 0 Å². The quantitative estimate of drug-likeness (QED) is 0.396. The summed E-state index contributed by atoms with van der Waals surface area (Å²) in [6, 6.07) is 9.76. The Bertz CT molecular complexity index is 972. The molecule has 0 bridgehead atoms. The Kier molecular flexibility index (Phi) is 9.75. The minimum absolute atomic E-state index is 0.0169. The van der Waals surface area contributed by atoms with Crippen LogP contribution in [0.5, 0.6) is 0 Å². The predicted octanol–water partition coefficient (Wildman–Crippen LogP) is 7.10. The van der Waals surface area contributed by atoms with E-state index in [4.69, 9.17) is 46.4 Å². The van der Waals surface area contributed by atoms with Crippen molar-refractivity contribution in [3.63, 3.8) is 0 Å². The summed E-state index contributed by atoms with van der Waals surface area (Å²) in [5, 5.41) is 4.94. The van der Waals surface area contributed by atoms with E-state index in [0.29, 0.717) is 37.6 Å². The summed E-state index contributed by atoms with van der Waals surface area (Å²) in [6.07, 6.45) is 5.79. The highest BCUT2D eigenvalue weighted by Crippen LogP contribution is 2.28. The molecule has 33 heavy (non-hydrogen) atoms. The van der Waals surface area contributed by atoms with Crippen LogP contribution in [0, 0.1) is 0 Å². The van der Waals surface area contributed by atoms with Crippen molar-refractivity contribution in [3.05, 3.63) is 67.6 Å². The van der Waals surface area contributed by atoms with Crippen LogP contribution in [0.3, 0.4) is 0 Å². The number of carbonyl (C=O) groups excluding carboxylic acids is 2. The molecule has 8 heteroatoms. The number of nitrogens with zero attached hydrogens (tertiary/aromatic N) is 1. The molecule has 0 aliphatic heterocycles. The number of halogens is 4. The number of rotatable bonds is 8. The first-order chi connectivity index (χ1) is 15.8. The fourth-order valence-corrected chi connectivity index (χ4v) is 5.25. The SMILES string of the molecule is CC[C@@H](C(=O)NC1CCCCC1)N(Cc1ccc(Cl)cc1Cl)C(=O)Cc1c(Cl)cccc1Cl. The second-order valence-corrected chi connectivity index (χ2v) is 10.1. The summed E-state index contributed by atoms with van der Waals surface area (Å²) in [4.78, 5) is 28.4. The monoisotopic (exact) mass is 528 g/mol. The molecule has 0 saturated heterocycles. The van der Waals surface area contributed by atoms with E-state index in [-0.39, 0.29) is 30.8 Å². The van der Waals surface area contributed by atoms with Crippen molar-refractivity contribution in [1.29, 1.82) is 0 Å². The molecule has 4 nitrogen and oxygen atoms in total. The van der Waals surface area contributed by atoms with Gasteiger partial charge < -0.3 is 10.2 Å². The van der Waals surface area contributed by atoms with Crippen LogP contribution >= 0.6 is 46.4 Å². The number of benzene rings is 2. The highest BCUT2D eigenvalue weighted by molar-refractivity contribution is 6.36. The van der Waals surface area contributed by atoms with Crippen molar-refractivity contribution in [2.45, 2.75) is 70.5 Å². The van der Waals surface area contributed by atoms with Crippen molar-refractivity contribution in [2.75, 3.05) is 0 Å². The molecule has 2 amide bonds. The molecule has 1 aliphatic rings. The third-order valence-electron chi connectivity index (χ3n) is 6.08. The van der Waals surface area contributed by atoms with Gasteiger partial charge in [0.1, 0.15) is 6.04 Å². The van der Waals surface area contributed by atoms with Crippen LogP contribution in [-0.4, -0.2) is 28.8 Å². The zero-order chi connectivity index (χ0) is 24.0. The molecule has 1 fully saturated rings. The Labute approximate surface area is 215 Å². The van der Waals surface area contributed by atoms with E-state index in [9.17, 15) is 9.59 Å². The van der Waals surface area contributed by atoms with E-state index in [1.54, 1.807) is 41.3 Å². The van der Waals surface area contributed by atoms with E-state index in [1.807, 2.05) is 6.92 Å². The molecule has 0 heterocycles. The smallest absolute Gasteiger partial charge is 0.243 e. The first-order valence-electron chi connectivity index (χ1n) is 11.3. The molecule has 2 aromatic rings. The van der Waals surface area contributed by atoms with Gasteiger partial charge in [0, 0.05) is 32.7 Å². The number of amides is 2.